The molecule has 1 unspecified atom stereocenters. The first kappa shape index (κ1) is 27.0. The molecule has 0 amide bonds. The van der Waals surface area contributed by atoms with E-state index < -0.39 is 5.60 Å². The zero-order chi connectivity index (χ0) is 27.2. The largest absolute Gasteiger partial charge is 0.497 e. The van der Waals surface area contributed by atoms with Gasteiger partial charge in [0.25, 0.3) is 0 Å². The molecule has 6 heteroatoms. The van der Waals surface area contributed by atoms with E-state index >= 15 is 0 Å². The van der Waals surface area contributed by atoms with E-state index in [0.29, 0.717) is 23.4 Å². The van der Waals surface area contributed by atoms with Crippen LogP contribution in [0.4, 0.5) is 0 Å². The number of methoxy groups -OCH3 is 2. The molecule has 1 saturated heterocycles. The SMILES string of the molecule is COc1ccc(C(O)(c2ccc(OC)cc2)c2ccc(CN(Cc3ccc(C)cc3)CC3CCCO3)o2)cc1. The van der Waals surface area contributed by atoms with E-state index in [1.165, 1.54) is 11.1 Å². The van der Waals surface area contributed by atoms with Crippen LogP contribution in [-0.2, 0) is 23.4 Å². The predicted octanol–water partition coefficient (Wildman–Crippen LogP) is 6.07. The van der Waals surface area contributed by atoms with Crippen LogP contribution in [0.2, 0.25) is 0 Å². The van der Waals surface area contributed by atoms with E-state index in [2.05, 4.69) is 36.1 Å². The van der Waals surface area contributed by atoms with E-state index in [0.717, 1.165) is 49.8 Å². The van der Waals surface area contributed by atoms with Gasteiger partial charge in [0.05, 0.1) is 26.9 Å². The molecule has 1 aromatic heterocycles. The molecule has 0 radical (unpaired) electrons. The van der Waals surface area contributed by atoms with Gasteiger partial charge in [0, 0.05) is 19.7 Å². The normalized spacial score (nSPS) is 15.6. The summed E-state index contributed by atoms with van der Waals surface area (Å²) in [7, 11) is 3.25. The van der Waals surface area contributed by atoms with Crippen molar-refractivity contribution in [3.05, 3.63) is 119 Å². The van der Waals surface area contributed by atoms with Gasteiger partial charge in [0.15, 0.2) is 5.60 Å². The highest BCUT2D eigenvalue weighted by Crippen LogP contribution is 2.39. The molecule has 1 fully saturated rings. The van der Waals surface area contributed by atoms with E-state index in [9.17, 15) is 5.11 Å². The van der Waals surface area contributed by atoms with Gasteiger partial charge in [-0.2, -0.15) is 0 Å². The summed E-state index contributed by atoms with van der Waals surface area (Å²) in [6, 6.07) is 27.3. The van der Waals surface area contributed by atoms with E-state index in [1.807, 2.05) is 60.7 Å². The topological polar surface area (TPSA) is 64.3 Å². The van der Waals surface area contributed by atoms with Gasteiger partial charge < -0.3 is 23.7 Å². The fraction of sp³-hybridized carbons (Fsp3) is 0.333. The van der Waals surface area contributed by atoms with Crippen molar-refractivity contribution in [2.45, 2.75) is 44.6 Å². The summed E-state index contributed by atoms with van der Waals surface area (Å²) in [5.74, 6) is 2.68. The van der Waals surface area contributed by atoms with Gasteiger partial charge in [0.1, 0.15) is 23.0 Å². The molecule has 204 valence electrons. The summed E-state index contributed by atoms with van der Waals surface area (Å²) in [5.41, 5.74) is 2.37. The number of ether oxygens (including phenoxy) is 3. The van der Waals surface area contributed by atoms with E-state index in [4.69, 9.17) is 18.6 Å². The highest BCUT2D eigenvalue weighted by Gasteiger charge is 2.37. The summed E-state index contributed by atoms with van der Waals surface area (Å²) in [6.45, 7) is 5.15. The van der Waals surface area contributed by atoms with Crippen LogP contribution in [0.1, 0.15) is 46.6 Å². The number of nitrogens with zero attached hydrogens (tertiary/aromatic N) is 1. The third-order valence-electron chi connectivity index (χ3n) is 7.43. The third-order valence-corrected chi connectivity index (χ3v) is 7.43. The Morgan fingerprint density at radius 2 is 1.44 bits per heavy atom. The molecule has 6 nitrogen and oxygen atoms in total. The Hall–Kier alpha value is -3.58. The molecule has 1 aliphatic heterocycles. The van der Waals surface area contributed by atoms with Crippen LogP contribution in [-0.4, -0.2) is 43.5 Å². The minimum atomic E-state index is -1.49. The zero-order valence-electron chi connectivity index (χ0n) is 22.9. The quantitative estimate of drug-likeness (QED) is 0.255. The number of rotatable bonds is 11. The van der Waals surface area contributed by atoms with Crippen LogP contribution >= 0.6 is 0 Å². The Kier molecular flexibility index (Phi) is 8.36. The summed E-state index contributed by atoms with van der Waals surface area (Å²) < 4.78 is 23.1. The average Bonchev–Trinajstić information content (AvgIpc) is 3.67. The minimum absolute atomic E-state index is 0.223. The van der Waals surface area contributed by atoms with Gasteiger partial charge >= 0.3 is 0 Å². The van der Waals surface area contributed by atoms with Crippen LogP contribution in [0.25, 0.3) is 0 Å². The first-order chi connectivity index (χ1) is 19.0. The maximum absolute atomic E-state index is 12.3. The Labute approximate surface area is 230 Å². The number of hydrogen-bond donors (Lipinski definition) is 1. The highest BCUT2D eigenvalue weighted by molar-refractivity contribution is 5.46. The van der Waals surface area contributed by atoms with Gasteiger partial charge in [-0.05, 0) is 72.9 Å². The summed E-state index contributed by atoms with van der Waals surface area (Å²) in [5, 5.41) is 12.3. The predicted molar refractivity (Wildman–Crippen MR) is 151 cm³/mol. The number of furan rings is 1. The van der Waals surface area contributed by atoms with Gasteiger partial charge in [-0.15, -0.1) is 0 Å². The van der Waals surface area contributed by atoms with Crippen molar-refractivity contribution in [3.8, 4) is 11.5 Å². The molecule has 39 heavy (non-hydrogen) atoms. The molecule has 3 aromatic carbocycles. The van der Waals surface area contributed by atoms with Crippen molar-refractivity contribution in [2.75, 3.05) is 27.4 Å². The Bertz CT molecular complexity index is 1270. The van der Waals surface area contributed by atoms with Crippen molar-refractivity contribution in [1.29, 1.82) is 0 Å². The minimum Gasteiger partial charge on any atom is -0.497 e. The Balaban J connectivity index is 1.45. The molecule has 1 aliphatic rings. The fourth-order valence-corrected chi connectivity index (χ4v) is 5.21. The maximum atomic E-state index is 12.3. The lowest BCUT2D eigenvalue weighted by Gasteiger charge is -2.28. The zero-order valence-corrected chi connectivity index (χ0v) is 22.9. The number of aliphatic hydroxyl groups is 1. The van der Waals surface area contributed by atoms with Crippen molar-refractivity contribution in [2.24, 2.45) is 0 Å². The number of hydrogen-bond acceptors (Lipinski definition) is 6. The highest BCUT2D eigenvalue weighted by atomic mass is 16.5. The monoisotopic (exact) mass is 527 g/mol. The molecule has 1 atom stereocenters. The van der Waals surface area contributed by atoms with Gasteiger partial charge in [-0.25, -0.2) is 0 Å². The first-order valence-electron chi connectivity index (χ1n) is 13.5. The van der Waals surface area contributed by atoms with E-state index in [-0.39, 0.29) is 6.10 Å². The second-order valence-corrected chi connectivity index (χ2v) is 10.2. The molecule has 4 aromatic rings. The van der Waals surface area contributed by atoms with Crippen LogP contribution in [0, 0.1) is 6.92 Å². The second kappa shape index (κ2) is 12.1. The molecule has 1 N–H and O–H groups in total. The second-order valence-electron chi connectivity index (χ2n) is 10.2. The van der Waals surface area contributed by atoms with Crippen molar-refractivity contribution < 1.29 is 23.7 Å². The summed E-state index contributed by atoms with van der Waals surface area (Å²) in [4.78, 5) is 2.36. The Morgan fingerprint density at radius 1 is 0.821 bits per heavy atom. The molecule has 0 bridgehead atoms. The van der Waals surface area contributed by atoms with Gasteiger partial charge in [0.2, 0.25) is 0 Å². The number of aryl methyl sites for hydroxylation is 1. The Morgan fingerprint density at radius 3 is 1.97 bits per heavy atom. The van der Waals surface area contributed by atoms with Crippen molar-refractivity contribution in [1.82, 2.24) is 4.90 Å². The standard InChI is InChI=1S/C33H37NO5/c1-24-6-8-25(9-7-24)21-34(22-30-5-4-20-38-30)23-31-18-19-32(39-31)33(35,26-10-14-28(36-2)15-11-26)27-12-16-29(37-3)17-13-27/h6-19,30,35H,4-5,20-23H2,1-3H3. The lowest BCUT2D eigenvalue weighted by molar-refractivity contribution is 0.0630. The van der Waals surface area contributed by atoms with Crippen molar-refractivity contribution in [3.63, 3.8) is 0 Å². The average molecular weight is 528 g/mol. The first-order valence-corrected chi connectivity index (χ1v) is 13.5. The van der Waals surface area contributed by atoms with E-state index in [1.54, 1.807) is 14.2 Å². The van der Waals surface area contributed by atoms with Crippen LogP contribution in [0.15, 0.2) is 89.3 Å². The summed E-state index contributed by atoms with van der Waals surface area (Å²) in [6.07, 6.45) is 2.40. The summed E-state index contributed by atoms with van der Waals surface area (Å²) >= 11 is 0. The smallest absolute Gasteiger partial charge is 0.173 e. The molecule has 2 heterocycles. The molecule has 0 aliphatic carbocycles. The molecular formula is C33H37NO5. The molecule has 0 saturated carbocycles. The third kappa shape index (κ3) is 6.19. The van der Waals surface area contributed by atoms with Crippen LogP contribution in [0.5, 0.6) is 11.5 Å². The van der Waals surface area contributed by atoms with Crippen LogP contribution < -0.4 is 9.47 Å². The molecule has 0 spiro atoms. The fourth-order valence-electron chi connectivity index (χ4n) is 5.21. The lowest BCUT2D eigenvalue weighted by Crippen LogP contribution is -2.31. The van der Waals surface area contributed by atoms with Gasteiger partial charge in [-0.1, -0.05) is 54.1 Å². The van der Waals surface area contributed by atoms with Gasteiger partial charge in [-0.3, -0.25) is 4.90 Å². The van der Waals surface area contributed by atoms with Crippen molar-refractivity contribution >= 4 is 0 Å². The molecule has 5 rings (SSSR count). The molecular weight excluding hydrogens is 490 g/mol. The lowest BCUT2D eigenvalue weighted by atomic mass is 9.84. The number of benzene rings is 3. The van der Waals surface area contributed by atoms with Crippen LogP contribution in [0.3, 0.4) is 0 Å². The maximum Gasteiger partial charge on any atom is 0.173 e.